The van der Waals surface area contributed by atoms with E-state index in [-0.39, 0.29) is 5.91 Å². The second-order valence-corrected chi connectivity index (χ2v) is 4.85. The molecule has 0 saturated carbocycles. The van der Waals surface area contributed by atoms with Crippen LogP contribution in [0.4, 0.5) is 0 Å². The number of aromatic nitrogens is 1. The third-order valence-electron chi connectivity index (χ3n) is 2.01. The van der Waals surface area contributed by atoms with Crippen LogP contribution in [0.2, 0.25) is 0 Å². The highest BCUT2D eigenvalue weighted by Crippen LogP contribution is 2.10. The number of hydrogen-bond donors (Lipinski definition) is 2. The highest BCUT2D eigenvalue weighted by molar-refractivity contribution is 7.13. The van der Waals surface area contributed by atoms with E-state index in [1.54, 1.807) is 6.20 Å². The number of thiazole rings is 1. The van der Waals surface area contributed by atoms with Crippen LogP contribution >= 0.6 is 11.3 Å². The van der Waals surface area contributed by atoms with Gasteiger partial charge < -0.3 is 10.6 Å². The van der Waals surface area contributed by atoms with Gasteiger partial charge in [-0.05, 0) is 26.4 Å². The van der Waals surface area contributed by atoms with Crippen LogP contribution in [0.3, 0.4) is 0 Å². The van der Waals surface area contributed by atoms with Crippen molar-refractivity contribution in [1.82, 2.24) is 15.6 Å². The highest BCUT2D eigenvalue weighted by atomic mass is 32.1. The fraction of sp³-hybridized carbons (Fsp3) is 0.600. The Morgan fingerprint density at radius 3 is 2.87 bits per heavy atom. The van der Waals surface area contributed by atoms with Gasteiger partial charge in [-0.25, -0.2) is 4.98 Å². The summed E-state index contributed by atoms with van der Waals surface area (Å²) in [6.07, 6.45) is 1.62. The van der Waals surface area contributed by atoms with E-state index < -0.39 is 0 Å². The summed E-state index contributed by atoms with van der Waals surface area (Å²) in [6.45, 7) is 5.58. The molecule has 1 aromatic heterocycles. The van der Waals surface area contributed by atoms with E-state index in [1.165, 1.54) is 11.3 Å². The van der Waals surface area contributed by atoms with Crippen LogP contribution < -0.4 is 10.6 Å². The van der Waals surface area contributed by atoms with Gasteiger partial charge in [-0.2, -0.15) is 0 Å². The van der Waals surface area contributed by atoms with Crippen LogP contribution in [0.1, 0.15) is 21.6 Å². The van der Waals surface area contributed by atoms with Crippen molar-refractivity contribution in [3.05, 3.63) is 16.1 Å². The normalized spacial score (nSPS) is 12.5. The van der Waals surface area contributed by atoms with Crippen molar-refractivity contribution < 1.29 is 4.79 Å². The third-order valence-corrected chi connectivity index (χ3v) is 2.92. The summed E-state index contributed by atoms with van der Waals surface area (Å²) < 4.78 is 0. The van der Waals surface area contributed by atoms with Crippen LogP contribution in [0, 0.1) is 12.8 Å². The fourth-order valence-corrected chi connectivity index (χ4v) is 1.93. The maximum atomic E-state index is 11.6. The molecule has 0 fully saturated rings. The molecular weight excluding hydrogens is 210 g/mol. The number of carbonyl (C=O) groups is 1. The van der Waals surface area contributed by atoms with Crippen molar-refractivity contribution in [3.8, 4) is 0 Å². The SMILES string of the molecule is CNCC(C)CNC(=O)c1cnc(C)s1. The van der Waals surface area contributed by atoms with Crippen LogP contribution in [-0.4, -0.2) is 31.0 Å². The molecule has 5 heteroatoms. The third kappa shape index (κ3) is 3.97. The first-order valence-corrected chi connectivity index (χ1v) is 5.80. The zero-order chi connectivity index (χ0) is 11.3. The minimum Gasteiger partial charge on any atom is -0.351 e. The Balaban J connectivity index is 2.36. The Morgan fingerprint density at radius 1 is 1.60 bits per heavy atom. The van der Waals surface area contributed by atoms with E-state index in [0.717, 1.165) is 11.6 Å². The van der Waals surface area contributed by atoms with Crippen molar-refractivity contribution in [2.75, 3.05) is 20.1 Å². The number of aryl methyl sites for hydroxylation is 1. The van der Waals surface area contributed by atoms with Crippen molar-refractivity contribution >= 4 is 17.2 Å². The molecular formula is C10H17N3OS. The molecule has 0 aliphatic carbocycles. The van der Waals surface area contributed by atoms with Gasteiger partial charge in [0.15, 0.2) is 0 Å². The Bertz CT molecular complexity index is 324. The maximum absolute atomic E-state index is 11.6. The Morgan fingerprint density at radius 2 is 2.33 bits per heavy atom. The average Bonchev–Trinajstić information content (AvgIpc) is 2.62. The van der Waals surface area contributed by atoms with Crippen LogP contribution in [-0.2, 0) is 0 Å². The molecule has 0 bridgehead atoms. The van der Waals surface area contributed by atoms with Crippen LogP contribution in [0.5, 0.6) is 0 Å². The summed E-state index contributed by atoms with van der Waals surface area (Å²) in [4.78, 5) is 16.3. The number of nitrogens with zero attached hydrogens (tertiary/aromatic N) is 1. The lowest BCUT2D eigenvalue weighted by Gasteiger charge is -2.10. The topological polar surface area (TPSA) is 54.0 Å². The van der Waals surface area contributed by atoms with E-state index in [0.29, 0.717) is 17.3 Å². The minimum absolute atomic E-state index is 0.0245. The molecule has 0 spiro atoms. The van der Waals surface area contributed by atoms with Crippen molar-refractivity contribution in [2.24, 2.45) is 5.92 Å². The predicted molar refractivity (Wildman–Crippen MR) is 62.3 cm³/mol. The average molecular weight is 227 g/mol. The minimum atomic E-state index is -0.0245. The van der Waals surface area contributed by atoms with E-state index in [4.69, 9.17) is 0 Å². The molecule has 15 heavy (non-hydrogen) atoms. The molecule has 0 radical (unpaired) electrons. The molecule has 0 aromatic carbocycles. The first-order chi connectivity index (χ1) is 7.13. The summed E-state index contributed by atoms with van der Waals surface area (Å²) in [5.74, 6) is 0.413. The van der Waals surface area contributed by atoms with Gasteiger partial charge in [0.1, 0.15) is 4.88 Å². The van der Waals surface area contributed by atoms with Gasteiger partial charge in [-0.1, -0.05) is 6.92 Å². The standard InChI is InChI=1S/C10H17N3OS/c1-7(4-11-3)5-13-10(14)9-6-12-8(2)15-9/h6-7,11H,4-5H2,1-3H3,(H,13,14). The van der Waals surface area contributed by atoms with Gasteiger partial charge in [0, 0.05) is 6.54 Å². The molecule has 1 amide bonds. The zero-order valence-corrected chi connectivity index (χ0v) is 10.1. The summed E-state index contributed by atoms with van der Waals surface area (Å²) in [5.41, 5.74) is 0. The van der Waals surface area contributed by atoms with Gasteiger partial charge in [-0.3, -0.25) is 4.79 Å². The van der Waals surface area contributed by atoms with E-state index >= 15 is 0 Å². The van der Waals surface area contributed by atoms with Crippen molar-refractivity contribution in [1.29, 1.82) is 0 Å². The Hall–Kier alpha value is -0.940. The lowest BCUT2D eigenvalue weighted by atomic mass is 10.2. The molecule has 0 saturated heterocycles. The molecule has 2 N–H and O–H groups in total. The van der Waals surface area contributed by atoms with Crippen molar-refractivity contribution in [2.45, 2.75) is 13.8 Å². The predicted octanol–water partition coefficient (Wildman–Crippen LogP) is 1.04. The van der Waals surface area contributed by atoms with Crippen LogP contribution in [0.15, 0.2) is 6.20 Å². The van der Waals surface area contributed by atoms with Gasteiger partial charge in [0.25, 0.3) is 5.91 Å². The van der Waals surface area contributed by atoms with Crippen LogP contribution in [0.25, 0.3) is 0 Å². The van der Waals surface area contributed by atoms with Gasteiger partial charge in [0.05, 0.1) is 11.2 Å². The second-order valence-electron chi connectivity index (χ2n) is 3.62. The van der Waals surface area contributed by atoms with E-state index in [9.17, 15) is 4.79 Å². The number of rotatable bonds is 5. The largest absolute Gasteiger partial charge is 0.351 e. The number of amides is 1. The quantitative estimate of drug-likeness (QED) is 0.790. The molecule has 84 valence electrons. The molecule has 1 aromatic rings. The number of hydrogen-bond acceptors (Lipinski definition) is 4. The highest BCUT2D eigenvalue weighted by Gasteiger charge is 2.09. The molecule has 0 aliphatic rings. The lowest BCUT2D eigenvalue weighted by Crippen LogP contribution is -2.31. The summed E-state index contributed by atoms with van der Waals surface area (Å²) >= 11 is 1.42. The second kappa shape index (κ2) is 5.82. The Labute approximate surface area is 94.1 Å². The van der Waals surface area contributed by atoms with E-state index in [2.05, 4.69) is 22.5 Å². The smallest absolute Gasteiger partial charge is 0.263 e. The number of carbonyl (C=O) groups excluding carboxylic acids is 1. The fourth-order valence-electron chi connectivity index (χ4n) is 1.24. The molecule has 0 aliphatic heterocycles. The van der Waals surface area contributed by atoms with Gasteiger partial charge >= 0.3 is 0 Å². The first-order valence-electron chi connectivity index (χ1n) is 4.98. The van der Waals surface area contributed by atoms with Crippen molar-refractivity contribution in [3.63, 3.8) is 0 Å². The first kappa shape index (κ1) is 12.1. The zero-order valence-electron chi connectivity index (χ0n) is 9.33. The van der Waals surface area contributed by atoms with Gasteiger partial charge in [0.2, 0.25) is 0 Å². The summed E-state index contributed by atoms with van der Waals surface area (Å²) in [6, 6.07) is 0. The summed E-state index contributed by atoms with van der Waals surface area (Å²) in [7, 11) is 1.91. The summed E-state index contributed by atoms with van der Waals surface area (Å²) in [5, 5.41) is 6.88. The monoisotopic (exact) mass is 227 g/mol. The van der Waals surface area contributed by atoms with E-state index in [1.807, 2.05) is 14.0 Å². The Kier molecular flexibility index (Phi) is 4.71. The molecule has 1 rings (SSSR count). The van der Waals surface area contributed by atoms with Gasteiger partial charge in [-0.15, -0.1) is 11.3 Å². The maximum Gasteiger partial charge on any atom is 0.263 e. The molecule has 1 atom stereocenters. The number of nitrogens with one attached hydrogen (secondary N) is 2. The lowest BCUT2D eigenvalue weighted by molar-refractivity contribution is 0.0952. The molecule has 1 heterocycles. The molecule has 4 nitrogen and oxygen atoms in total. The molecule has 1 unspecified atom stereocenters.